The van der Waals surface area contributed by atoms with E-state index in [9.17, 15) is 9.90 Å². The van der Waals surface area contributed by atoms with Gasteiger partial charge in [0.2, 0.25) is 0 Å². The molecule has 0 unspecified atom stereocenters. The highest BCUT2D eigenvalue weighted by molar-refractivity contribution is 5.92. The number of amides is 1. The summed E-state index contributed by atoms with van der Waals surface area (Å²) < 4.78 is 3.80. The standard InChI is InChI=1S/C27H32N6O2/c1-19(2)13-33-16-23(11-29-33)22-7-8-26-30-25(18-32(26)15-22)27(35)28-12-24(34)17-31-10-9-20-5-3-4-6-21(20)14-31/h3-8,11,15-16,18-19,24,34H,9-10,12-14,17H2,1-2H3,(H,28,35)/t24-/m1/s1. The Morgan fingerprint density at radius 1 is 1.06 bits per heavy atom. The van der Waals surface area contributed by atoms with Crippen molar-refractivity contribution in [1.29, 1.82) is 0 Å². The molecule has 0 radical (unpaired) electrons. The number of rotatable bonds is 8. The minimum atomic E-state index is -0.643. The van der Waals surface area contributed by atoms with Crippen LogP contribution in [0.4, 0.5) is 0 Å². The van der Waals surface area contributed by atoms with Gasteiger partial charge in [0.15, 0.2) is 0 Å². The molecular weight excluding hydrogens is 440 g/mol. The number of carbonyl (C=O) groups is 1. The number of carbonyl (C=O) groups excluding carboxylic acids is 1. The summed E-state index contributed by atoms with van der Waals surface area (Å²) in [7, 11) is 0. The Kier molecular flexibility index (Phi) is 6.66. The predicted molar refractivity (Wildman–Crippen MR) is 135 cm³/mol. The number of aromatic nitrogens is 4. The highest BCUT2D eigenvalue weighted by Crippen LogP contribution is 2.21. The van der Waals surface area contributed by atoms with Crippen LogP contribution in [0.1, 0.15) is 35.5 Å². The zero-order valence-corrected chi connectivity index (χ0v) is 20.3. The molecule has 1 aliphatic heterocycles. The van der Waals surface area contributed by atoms with Crippen molar-refractivity contribution in [2.24, 2.45) is 5.92 Å². The highest BCUT2D eigenvalue weighted by atomic mass is 16.3. The number of β-amino-alcohol motifs (C(OH)–C–C–N with tert-alkyl or cyclic N) is 1. The van der Waals surface area contributed by atoms with E-state index in [0.717, 1.165) is 37.2 Å². The molecule has 0 spiro atoms. The van der Waals surface area contributed by atoms with Crippen molar-refractivity contribution in [1.82, 2.24) is 29.4 Å². The minimum absolute atomic E-state index is 0.186. The molecule has 0 bridgehead atoms. The van der Waals surface area contributed by atoms with Crippen molar-refractivity contribution >= 4 is 11.6 Å². The van der Waals surface area contributed by atoms with E-state index in [-0.39, 0.29) is 12.5 Å². The maximum atomic E-state index is 12.7. The lowest BCUT2D eigenvalue weighted by Gasteiger charge is -2.30. The van der Waals surface area contributed by atoms with Crippen molar-refractivity contribution in [2.45, 2.75) is 39.5 Å². The molecule has 1 amide bonds. The number of pyridine rings is 1. The molecule has 0 fully saturated rings. The van der Waals surface area contributed by atoms with Gasteiger partial charge in [-0.3, -0.25) is 14.4 Å². The van der Waals surface area contributed by atoms with Gasteiger partial charge in [0.25, 0.3) is 5.91 Å². The van der Waals surface area contributed by atoms with Crippen LogP contribution in [0.25, 0.3) is 16.8 Å². The molecule has 2 N–H and O–H groups in total. The van der Waals surface area contributed by atoms with Crippen molar-refractivity contribution in [2.75, 3.05) is 19.6 Å². The van der Waals surface area contributed by atoms with Gasteiger partial charge in [0.05, 0.1) is 12.3 Å². The van der Waals surface area contributed by atoms with Gasteiger partial charge in [-0.25, -0.2) is 4.98 Å². The fourth-order valence-corrected chi connectivity index (χ4v) is 4.63. The first kappa shape index (κ1) is 23.3. The smallest absolute Gasteiger partial charge is 0.271 e. The van der Waals surface area contributed by atoms with E-state index in [1.54, 1.807) is 6.20 Å². The molecule has 35 heavy (non-hydrogen) atoms. The second kappa shape index (κ2) is 10.0. The third kappa shape index (κ3) is 5.44. The van der Waals surface area contributed by atoms with Gasteiger partial charge in [-0.2, -0.15) is 5.10 Å². The Morgan fingerprint density at radius 2 is 1.89 bits per heavy atom. The maximum absolute atomic E-state index is 12.7. The van der Waals surface area contributed by atoms with Crippen LogP contribution in [0.2, 0.25) is 0 Å². The van der Waals surface area contributed by atoms with Crippen molar-refractivity contribution < 1.29 is 9.90 Å². The lowest BCUT2D eigenvalue weighted by atomic mass is 10.00. The van der Waals surface area contributed by atoms with Gasteiger partial charge in [-0.15, -0.1) is 0 Å². The third-order valence-electron chi connectivity index (χ3n) is 6.38. The normalized spacial score (nSPS) is 14.9. The summed E-state index contributed by atoms with van der Waals surface area (Å²) in [4.78, 5) is 19.4. The van der Waals surface area contributed by atoms with Crippen LogP contribution in [-0.2, 0) is 19.5 Å². The van der Waals surface area contributed by atoms with Crippen molar-refractivity contribution in [3.8, 4) is 11.1 Å². The SMILES string of the molecule is CC(C)Cn1cc(-c2ccc3nc(C(=O)NC[C@@H](O)CN4CCc5ccccc5C4)cn3c2)cn1. The Morgan fingerprint density at radius 3 is 2.71 bits per heavy atom. The molecule has 1 aliphatic rings. The van der Waals surface area contributed by atoms with E-state index in [1.807, 2.05) is 39.8 Å². The number of nitrogens with one attached hydrogen (secondary N) is 1. The van der Waals surface area contributed by atoms with Crippen LogP contribution in [0.3, 0.4) is 0 Å². The fourth-order valence-electron chi connectivity index (χ4n) is 4.63. The van der Waals surface area contributed by atoms with E-state index in [2.05, 4.69) is 58.4 Å². The maximum Gasteiger partial charge on any atom is 0.271 e. The number of benzene rings is 1. The second-order valence-corrected chi connectivity index (χ2v) is 9.77. The van der Waals surface area contributed by atoms with Crippen LogP contribution < -0.4 is 5.32 Å². The average Bonchev–Trinajstić information content (AvgIpc) is 3.48. The zero-order valence-electron chi connectivity index (χ0n) is 20.3. The quantitative estimate of drug-likeness (QED) is 0.412. The van der Waals surface area contributed by atoms with E-state index < -0.39 is 6.10 Å². The summed E-state index contributed by atoms with van der Waals surface area (Å²) in [6.07, 6.45) is 7.91. The first-order valence-electron chi connectivity index (χ1n) is 12.2. The number of aliphatic hydroxyl groups excluding tert-OH is 1. The van der Waals surface area contributed by atoms with E-state index in [0.29, 0.717) is 23.8 Å². The topological polar surface area (TPSA) is 87.7 Å². The first-order chi connectivity index (χ1) is 16.9. The van der Waals surface area contributed by atoms with Gasteiger partial charge in [0.1, 0.15) is 11.3 Å². The van der Waals surface area contributed by atoms with E-state index >= 15 is 0 Å². The fraction of sp³-hybridized carbons (Fsp3) is 0.370. The predicted octanol–water partition coefficient (Wildman–Crippen LogP) is 3.00. The summed E-state index contributed by atoms with van der Waals surface area (Å²) in [5.41, 5.74) is 5.75. The Bertz CT molecular complexity index is 1320. The van der Waals surface area contributed by atoms with Crippen molar-refractivity contribution in [3.05, 3.63) is 78.0 Å². The molecule has 4 aromatic rings. The Balaban J connectivity index is 1.18. The molecule has 1 aromatic carbocycles. The molecule has 8 nitrogen and oxygen atoms in total. The summed E-state index contributed by atoms with van der Waals surface area (Å²) in [6.45, 7) is 7.64. The van der Waals surface area contributed by atoms with E-state index in [1.165, 1.54) is 11.1 Å². The lowest BCUT2D eigenvalue weighted by Crippen LogP contribution is -2.42. The van der Waals surface area contributed by atoms with Crippen LogP contribution in [0.5, 0.6) is 0 Å². The first-order valence-corrected chi connectivity index (χ1v) is 12.2. The Hall–Kier alpha value is -3.49. The Labute approximate surface area is 205 Å². The summed E-state index contributed by atoms with van der Waals surface area (Å²) in [6, 6.07) is 12.3. The van der Waals surface area contributed by atoms with Gasteiger partial charge in [-0.05, 0) is 35.6 Å². The molecule has 182 valence electrons. The van der Waals surface area contributed by atoms with Gasteiger partial charge in [0, 0.05) is 62.4 Å². The largest absolute Gasteiger partial charge is 0.390 e. The molecule has 5 rings (SSSR count). The van der Waals surface area contributed by atoms with Crippen LogP contribution in [-0.4, -0.2) is 60.8 Å². The molecule has 0 aliphatic carbocycles. The van der Waals surface area contributed by atoms with Gasteiger partial charge >= 0.3 is 0 Å². The molecular formula is C27H32N6O2. The van der Waals surface area contributed by atoms with Crippen LogP contribution >= 0.6 is 0 Å². The number of fused-ring (bicyclic) bond motifs is 2. The van der Waals surface area contributed by atoms with Gasteiger partial charge < -0.3 is 14.8 Å². The summed E-state index contributed by atoms with van der Waals surface area (Å²) in [5, 5.41) is 17.8. The van der Waals surface area contributed by atoms with Crippen molar-refractivity contribution in [3.63, 3.8) is 0 Å². The van der Waals surface area contributed by atoms with Crippen LogP contribution in [0, 0.1) is 5.92 Å². The molecule has 0 saturated heterocycles. The second-order valence-electron chi connectivity index (χ2n) is 9.77. The van der Waals surface area contributed by atoms with Gasteiger partial charge in [-0.1, -0.05) is 38.1 Å². The summed E-state index contributed by atoms with van der Waals surface area (Å²) in [5.74, 6) is 0.234. The molecule has 1 atom stereocenters. The molecule has 4 heterocycles. The third-order valence-corrected chi connectivity index (χ3v) is 6.38. The number of hydrogen-bond donors (Lipinski definition) is 2. The lowest BCUT2D eigenvalue weighted by molar-refractivity contribution is 0.0838. The number of imidazole rings is 1. The number of nitrogens with zero attached hydrogens (tertiary/aromatic N) is 5. The van der Waals surface area contributed by atoms with E-state index in [4.69, 9.17) is 0 Å². The molecule has 3 aromatic heterocycles. The molecule has 8 heteroatoms. The molecule has 0 saturated carbocycles. The average molecular weight is 473 g/mol. The van der Waals surface area contributed by atoms with Crippen LogP contribution in [0.15, 0.2) is 61.2 Å². The highest BCUT2D eigenvalue weighted by Gasteiger charge is 2.19. The number of hydrogen-bond acceptors (Lipinski definition) is 5. The monoisotopic (exact) mass is 472 g/mol. The minimum Gasteiger partial charge on any atom is -0.390 e. The summed E-state index contributed by atoms with van der Waals surface area (Å²) >= 11 is 0. The number of aliphatic hydroxyl groups is 1. The zero-order chi connectivity index (χ0) is 24.4.